The van der Waals surface area contributed by atoms with E-state index >= 15 is 0 Å². The Hall–Kier alpha value is -1.42. The smallest absolute Gasteiger partial charge is 0.254 e. The van der Waals surface area contributed by atoms with E-state index in [9.17, 15) is 4.79 Å². The molecule has 3 nitrogen and oxygen atoms in total. The molecule has 1 unspecified atom stereocenters. The van der Waals surface area contributed by atoms with Crippen LogP contribution in [-0.4, -0.2) is 28.4 Å². The summed E-state index contributed by atoms with van der Waals surface area (Å²) in [7, 11) is 0. The third kappa shape index (κ3) is 2.95. The summed E-state index contributed by atoms with van der Waals surface area (Å²) in [6, 6.07) is 7.84. The van der Waals surface area contributed by atoms with Gasteiger partial charge in [-0.15, -0.1) is 0 Å². The molecule has 3 rings (SSSR count). The van der Waals surface area contributed by atoms with Gasteiger partial charge < -0.3 is 10.6 Å². The Labute approximate surface area is 131 Å². The maximum Gasteiger partial charge on any atom is 0.254 e. The zero-order chi connectivity index (χ0) is 14.8. The maximum absolute atomic E-state index is 12.8. The van der Waals surface area contributed by atoms with Gasteiger partial charge in [0.15, 0.2) is 0 Å². The van der Waals surface area contributed by atoms with E-state index in [1.165, 1.54) is 32.1 Å². The molecule has 21 heavy (non-hydrogen) atoms. The molecule has 0 radical (unpaired) electrons. The van der Waals surface area contributed by atoms with Crippen molar-refractivity contribution in [2.75, 3.05) is 6.54 Å². The molecule has 1 atom stereocenters. The van der Waals surface area contributed by atoms with E-state index in [1.54, 1.807) is 0 Å². The molecule has 0 spiro atoms. The lowest BCUT2D eigenvalue weighted by molar-refractivity contribution is 0.0689. The summed E-state index contributed by atoms with van der Waals surface area (Å²) in [5.41, 5.74) is 7.17. The Balaban J connectivity index is 1.75. The molecule has 1 saturated carbocycles. The second-order valence-corrected chi connectivity index (χ2v) is 6.63. The van der Waals surface area contributed by atoms with Crippen LogP contribution in [0.4, 0.5) is 0 Å². The molecule has 2 fully saturated rings. The number of carbonyl (C=O) groups excluding carboxylic acids is 1. The van der Waals surface area contributed by atoms with Gasteiger partial charge in [0.05, 0.1) is 0 Å². The Morgan fingerprint density at radius 3 is 2.29 bits per heavy atom. The van der Waals surface area contributed by atoms with Gasteiger partial charge in [0.2, 0.25) is 0 Å². The number of carbonyl (C=O) groups is 1. The first-order valence-electron chi connectivity index (χ1n) is 7.87. The van der Waals surface area contributed by atoms with Crippen LogP contribution in [0.25, 0.3) is 0 Å². The molecule has 1 aliphatic heterocycles. The van der Waals surface area contributed by atoms with E-state index < -0.39 is 0 Å². The number of nitrogens with two attached hydrogens (primary N) is 1. The van der Waals surface area contributed by atoms with E-state index in [0.29, 0.717) is 16.9 Å². The predicted molar refractivity (Wildman–Crippen MR) is 88.3 cm³/mol. The Morgan fingerprint density at radius 1 is 1.05 bits per heavy atom. The minimum absolute atomic E-state index is 0.166. The van der Waals surface area contributed by atoms with Crippen molar-refractivity contribution >= 4 is 23.1 Å². The SMILES string of the molecule is NC(=S)c1ccc(C(=O)N2CCCC2C2CCCC2)cc1. The molecule has 0 bridgehead atoms. The van der Waals surface area contributed by atoms with Crippen molar-refractivity contribution in [3.63, 3.8) is 0 Å². The minimum Gasteiger partial charge on any atom is -0.389 e. The van der Waals surface area contributed by atoms with Crippen LogP contribution >= 0.6 is 12.2 Å². The highest BCUT2D eigenvalue weighted by molar-refractivity contribution is 7.80. The van der Waals surface area contributed by atoms with Gasteiger partial charge in [0, 0.05) is 23.7 Å². The third-order valence-corrected chi connectivity index (χ3v) is 5.16. The Bertz CT molecular complexity index is 534. The fourth-order valence-corrected chi connectivity index (χ4v) is 3.96. The summed E-state index contributed by atoms with van der Waals surface area (Å²) >= 11 is 4.95. The first-order valence-corrected chi connectivity index (χ1v) is 8.28. The van der Waals surface area contributed by atoms with Gasteiger partial charge in [-0.25, -0.2) is 0 Å². The lowest BCUT2D eigenvalue weighted by Gasteiger charge is -2.29. The van der Waals surface area contributed by atoms with Crippen LogP contribution in [0.15, 0.2) is 24.3 Å². The summed E-state index contributed by atoms with van der Waals surface area (Å²) in [6.45, 7) is 0.900. The van der Waals surface area contributed by atoms with Crippen molar-refractivity contribution in [2.24, 2.45) is 11.7 Å². The average Bonchev–Trinajstić information content (AvgIpc) is 3.17. The van der Waals surface area contributed by atoms with E-state index in [0.717, 1.165) is 24.1 Å². The van der Waals surface area contributed by atoms with Gasteiger partial charge in [-0.05, 0) is 43.7 Å². The van der Waals surface area contributed by atoms with Crippen molar-refractivity contribution in [1.29, 1.82) is 0 Å². The van der Waals surface area contributed by atoms with E-state index in [4.69, 9.17) is 18.0 Å². The van der Waals surface area contributed by atoms with Crippen LogP contribution in [0.2, 0.25) is 0 Å². The summed E-state index contributed by atoms with van der Waals surface area (Å²) in [4.78, 5) is 15.2. The molecular weight excluding hydrogens is 280 g/mol. The molecule has 4 heteroatoms. The molecule has 1 heterocycles. The topological polar surface area (TPSA) is 46.3 Å². The Morgan fingerprint density at radius 2 is 1.67 bits per heavy atom. The normalized spacial score (nSPS) is 22.7. The number of likely N-dealkylation sites (tertiary alicyclic amines) is 1. The highest BCUT2D eigenvalue weighted by atomic mass is 32.1. The molecule has 1 aromatic rings. The third-order valence-electron chi connectivity index (χ3n) is 4.92. The lowest BCUT2D eigenvalue weighted by Crippen LogP contribution is -2.39. The van der Waals surface area contributed by atoms with Gasteiger partial charge in [0.1, 0.15) is 4.99 Å². The summed E-state index contributed by atoms with van der Waals surface area (Å²) < 4.78 is 0. The largest absolute Gasteiger partial charge is 0.389 e. The highest BCUT2D eigenvalue weighted by Crippen LogP contribution is 2.36. The van der Waals surface area contributed by atoms with E-state index in [-0.39, 0.29) is 5.91 Å². The first-order chi connectivity index (χ1) is 10.2. The number of rotatable bonds is 3. The maximum atomic E-state index is 12.8. The summed E-state index contributed by atoms with van der Waals surface area (Å²) in [5.74, 6) is 0.881. The van der Waals surface area contributed by atoms with Crippen molar-refractivity contribution in [3.05, 3.63) is 35.4 Å². The number of hydrogen-bond donors (Lipinski definition) is 1. The Kier molecular flexibility index (Phi) is 4.24. The highest BCUT2D eigenvalue weighted by Gasteiger charge is 2.36. The number of nitrogens with zero attached hydrogens (tertiary/aromatic N) is 1. The molecule has 0 aromatic heterocycles. The van der Waals surface area contributed by atoms with Gasteiger partial charge in [0.25, 0.3) is 5.91 Å². The van der Waals surface area contributed by atoms with Gasteiger partial charge in [-0.3, -0.25) is 4.79 Å². The summed E-state index contributed by atoms with van der Waals surface area (Å²) in [5, 5.41) is 0. The standard InChI is InChI=1S/C17H22N2OS/c18-16(21)13-7-9-14(10-8-13)17(20)19-11-3-6-15(19)12-4-1-2-5-12/h7-10,12,15H,1-6,11H2,(H2,18,21). The number of hydrogen-bond acceptors (Lipinski definition) is 2. The zero-order valence-corrected chi connectivity index (χ0v) is 13.1. The lowest BCUT2D eigenvalue weighted by atomic mass is 9.95. The van der Waals surface area contributed by atoms with Crippen LogP contribution in [-0.2, 0) is 0 Å². The number of thiocarbonyl (C=S) groups is 1. The fourth-order valence-electron chi connectivity index (χ4n) is 3.82. The molecular formula is C17H22N2OS. The van der Waals surface area contributed by atoms with Crippen LogP contribution < -0.4 is 5.73 Å². The molecule has 112 valence electrons. The molecule has 1 saturated heterocycles. The van der Waals surface area contributed by atoms with Crippen molar-refractivity contribution in [3.8, 4) is 0 Å². The molecule has 1 aromatic carbocycles. The molecule has 2 N–H and O–H groups in total. The first kappa shape index (κ1) is 14.5. The monoisotopic (exact) mass is 302 g/mol. The summed E-state index contributed by atoms with van der Waals surface area (Å²) in [6.07, 6.45) is 7.53. The molecule has 2 aliphatic rings. The van der Waals surface area contributed by atoms with Gasteiger partial charge >= 0.3 is 0 Å². The van der Waals surface area contributed by atoms with Crippen molar-refractivity contribution in [2.45, 2.75) is 44.6 Å². The van der Waals surface area contributed by atoms with Crippen LogP contribution in [0.5, 0.6) is 0 Å². The quantitative estimate of drug-likeness (QED) is 0.873. The fraction of sp³-hybridized carbons (Fsp3) is 0.529. The second kappa shape index (κ2) is 6.14. The average molecular weight is 302 g/mol. The van der Waals surface area contributed by atoms with Crippen molar-refractivity contribution < 1.29 is 4.79 Å². The van der Waals surface area contributed by atoms with Gasteiger partial charge in [-0.1, -0.05) is 37.2 Å². The number of amides is 1. The minimum atomic E-state index is 0.166. The zero-order valence-electron chi connectivity index (χ0n) is 12.3. The van der Waals surface area contributed by atoms with Crippen LogP contribution in [0.3, 0.4) is 0 Å². The molecule has 1 aliphatic carbocycles. The van der Waals surface area contributed by atoms with E-state index in [1.807, 2.05) is 24.3 Å². The number of benzene rings is 1. The van der Waals surface area contributed by atoms with Crippen molar-refractivity contribution in [1.82, 2.24) is 4.90 Å². The van der Waals surface area contributed by atoms with Crippen LogP contribution in [0, 0.1) is 5.92 Å². The second-order valence-electron chi connectivity index (χ2n) is 6.19. The predicted octanol–water partition coefficient (Wildman–Crippen LogP) is 3.12. The molecule has 1 amide bonds. The van der Waals surface area contributed by atoms with Crippen LogP contribution in [0.1, 0.15) is 54.4 Å². The van der Waals surface area contributed by atoms with Gasteiger partial charge in [-0.2, -0.15) is 0 Å². The van der Waals surface area contributed by atoms with E-state index in [2.05, 4.69) is 4.90 Å².